The van der Waals surface area contributed by atoms with Gasteiger partial charge in [-0.2, -0.15) is 0 Å². The SMILES string of the molecule is CS(=O)(=O)c1ccc(CNC(=O)c2ccc3cncc(-c4ccc(Cl)cc4)c3n2)cc1.CS(=O)(=O)c1cccc(CNC(=O)c2ccc3cncc(-c4ccc(Cl)cc4)c3n2)c1. The molecule has 62 heavy (non-hydrogen) atoms. The topological polar surface area (TPSA) is 178 Å². The highest BCUT2D eigenvalue weighted by molar-refractivity contribution is 7.91. The monoisotopic (exact) mass is 902 g/mol. The maximum atomic E-state index is 12.7. The van der Waals surface area contributed by atoms with E-state index in [-0.39, 0.29) is 46.1 Å². The Labute approximate surface area is 367 Å². The number of rotatable bonds is 10. The van der Waals surface area contributed by atoms with E-state index < -0.39 is 19.7 Å². The van der Waals surface area contributed by atoms with E-state index in [2.05, 4.69) is 30.6 Å². The number of aromatic nitrogens is 4. The molecule has 2 N–H and O–H groups in total. The third-order valence-corrected chi connectivity index (χ3v) is 12.3. The molecule has 4 heterocycles. The predicted octanol–water partition coefficient (Wildman–Crippen LogP) is 8.57. The Kier molecular flexibility index (Phi) is 13.0. The second-order valence-corrected chi connectivity index (χ2v) is 19.0. The van der Waals surface area contributed by atoms with E-state index >= 15 is 0 Å². The standard InChI is InChI=1S/2C23H18ClN3O3S/c1-31(29,30)19-9-2-15(3-10-19)12-26-23(28)21-11-6-17-13-25-14-20(22(17)27-21)16-4-7-18(24)8-5-16;1-31(29,30)19-4-2-3-15(11-19)12-26-23(28)21-10-7-17-13-25-14-20(22(17)27-21)16-5-8-18(24)9-6-16/h2*2-11,13-14H,12H2,1H3,(H,26,28). The summed E-state index contributed by atoms with van der Waals surface area (Å²) in [5.74, 6) is -0.682. The minimum absolute atomic E-state index is 0.183. The molecular formula is C46H36Cl2N6O6S2. The van der Waals surface area contributed by atoms with Crippen LogP contribution >= 0.6 is 23.2 Å². The first kappa shape index (κ1) is 43.5. The number of carbonyl (C=O) groups excluding carboxylic acids is 2. The highest BCUT2D eigenvalue weighted by Gasteiger charge is 2.15. The summed E-state index contributed by atoms with van der Waals surface area (Å²) < 4.78 is 46.6. The third-order valence-electron chi connectivity index (χ3n) is 9.56. The second-order valence-electron chi connectivity index (χ2n) is 14.1. The largest absolute Gasteiger partial charge is 0.347 e. The van der Waals surface area contributed by atoms with E-state index in [0.29, 0.717) is 26.6 Å². The van der Waals surface area contributed by atoms with Gasteiger partial charge in [0.15, 0.2) is 19.7 Å². The Morgan fingerprint density at radius 1 is 0.516 bits per heavy atom. The van der Waals surface area contributed by atoms with Gasteiger partial charge in [-0.3, -0.25) is 19.6 Å². The Balaban J connectivity index is 0.000000186. The minimum Gasteiger partial charge on any atom is -0.347 e. The van der Waals surface area contributed by atoms with E-state index in [1.807, 2.05) is 30.3 Å². The fraction of sp³-hybridized carbons (Fsp3) is 0.0870. The zero-order valence-electron chi connectivity index (χ0n) is 33.1. The van der Waals surface area contributed by atoms with E-state index in [0.717, 1.165) is 51.1 Å². The molecule has 4 aromatic heterocycles. The highest BCUT2D eigenvalue weighted by atomic mass is 35.5. The molecule has 0 radical (unpaired) electrons. The van der Waals surface area contributed by atoms with Crippen LogP contribution in [-0.2, 0) is 32.8 Å². The van der Waals surface area contributed by atoms with Crippen molar-refractivity contribution in [1.82, 2.24) is 30.6 Å². The van der Waals surface area contributed by atoms with E-state index in [1.54, 1.807) is 97.6 Å². The number of sulfone groups is 2. The maximum absolute atomic E-state index is 12.7. The zero-order valence-corrected chi connectivity index (χ0v) is 36.2. The highest BCUT2D eigenvalue weighted by Crippen LogP contribution is 2.29. The van der Waals surface area contributed by atoms with Gasteiger partial charge in [-0.05, 0) is 95.1 Å². The smallest absolute Gasteiger partial charge is 0.270 e. The molecule has 0 aliphatic rings. The van der Waals surface area contributed by atoms with Crippen LogP contribution in [0.15, 0.2) is 156 Å². The Morgan fingerprint density at radius 3 is 1.42 bits per heavy atom. The summed E-state index contributed by atoms with van der Waals surface area (Å²) in [6, 6.07) is 34.5. The summed E-state index contributed by atoms with van der Waals surface area (Å²) in [6.45, 7) is 0.436. The van der Waals surface area contributed by atoms with Gasteiger partial charge >= 0.3 is 0 Å². The van der Waals surface area contributed by atoms with Crippen molar-refractivity contribution in [2.45, 2.75) is 22.9 Å². The molecule has 0 saturated heterocycles. The quantitative estimate of drug-likeness (QED) is 0.135. The molecule has 0 fully saturated rings. The molecule has 4 aromatic carbocycles. The summed E-state index contributed by atoms with van der Waals surface area (Å²) in [4.78, 5) is 43.5. The van der Waals surface area contributed by atoms with Crippen LogP contribution in [0.2, 0.25) is 10.0 Å². The first-order chi connectivity index (χ1) is 29.6. The summed E-state index contributed by atoms with van der Waals surface area (Å²) in [7, 11) is -6.57. The molecule has 0 aliphatic carbocycles. The molecule has 16 heteroatoms. The van der Waals surface area contributed by atoms with E-state index in [4.69, 9.17) is 23.2 Å². The average Bonchev–Trinajstić information content (AvgIpc) is 3.27. The molecule has 312 valence electrons. The number of carbonyl (C=O) groups is 2. The number of nitrogens with one attached hydrogen (secondary N) is 2. The van der Waals surface area contributed by atoms with E-state index in [1.165, 1.54) is 18.2 Å². The summed E-state index contributed by atoms with van der Waals surface area (Å²) in [6.07, 6.45) is 9.12. The van der Waals surface area contributed by atoms with Gasteiger partial charge in [-0.15, -0.1) is 0 Å². The lowest BCUT2D eigenvalue weighted by molar-refractivity contribution is 0.0938. The molecule has 0 saturated carbocycles. The van der Waals surface area contributed by atoms with Gasteiger partial charge < -0.3 is 10.6 Å². The number of benzene rings is 4. The van der Waals surface area contributed by atoms with Crippen LogP contribution in [0.1, 0.15) is 32.1 Å². The number of halogens is 2. The van der Waals surface area contributed by atoms with Gasteiger partial charge in [-0.1, -0.05) is 71.7 Å². The Morgan fingerprint density at radius 2 is 0.968 bits per heavy atom. The summed E-state index contributed by atoms with van der Waals surface area (Å²) in [5, 5.41) is 8.51. The van der Waals surface area contributed by atoms with Crippen LogP contribution in [0.3, 0.4) is 0 Å². The number of hydrogen-bond donors (Lipinski definition) is 2. The van der Waals surface area contributed by atoms with Crippen molar-refractivity contribution in [3.05, 3.63) is 179 Å². The molecule has 0 aliphatic heterocycles. The zero-order chi connectivity index (χ0) is 44.0. The van der Waals surface area contributed by atoms with Crippen molar-refractivity contribution in [3.8, 4) is 22.3 Å². The lowest BCUT2D eigenvalue weighted by Gasteiger charge is -2.09. The maximum Gasteiger partial charge on any atom is 0.270 e. The van der Waals surface area contributed by atoms with Crippen LogP contribution in [0, 0.1) is 0 Å². The minimum atomic E-state index is -3.31. The fourth-order valence-electron chi connectivity index (χ4n) is 6.31. The molecule has 2 amide bonds. The van der Waals surface area contributed by atoms with Crippen molar-refractivity contribution in [3.63, 3.8) is 0 Å². The lowest BCUT2D eigenvalue weighted by atomic mass is 10.0. The molecular weight excluding hydrogens is 868 g/mol. The van der Waals surface area contributed by atoms with Gasteiger partial charge in [0.1, 0.15) is 11.4 Å². The number of hydrogen-bond acceptors (Lipinski definition) is 10. The number of fused-ring (bicyclic) bond motifs is 2. The van der Waals surface area contributed by atoms with Crippen LogP contribution in [0.5, 0.6) is 0 Å². The average molecular weight is 904 g/mol. The third kappa shape index (κ3) is 10.6. The van der Waals surface area contributed by atoms with Crippen LogP contribution in [0.4, 0.5) is 0 Å². The van der Waals surface area contributed by atoms with Crippen LogP contribution in [0.25, 0.3) is 44.1 Å². The summed E-state index contributed by atoms with van der Waals surface area (Å²) >= 11 is 12.0. The van der Waals surface area contributed by atoms with Gasteiger partial charge in [0.05, 0.1) is 20.8 Å². The Hall–Kier alpha value is -6.58. The molecule has 0 bridgehead atoms. The molecule has 0 spiro atoms. The Bertz CT molecular complexity index is 3190. The second kappa shape index (κ2) is 18.6. The van der Waals surface area contributed by atoms with Crippen molar-refractivity contribution in [2.75, 3.05) is 12.5 Å². The van der Waals surface area contributed by atoms with Crippen molar-refractivity contribution < 1.29 is 26.4 Å². The van der Waals surface area contributed by atoms with Gasteiger partial charge in [0.25, 0.3) is 11.8 Å². The molecule has 8 aromatic rings. The van der Waals surface area contributed by atoms with Gasteiger partial charge in [0, 0.05) is 82.3 Å². The van der Waals surface area contributed by atoms with Crippen molar-refractivity contribution in [1.29, 1.82) is 0 Å². The normalized spacial score (nSPS) is 11.4. The number of amides is 2. The molecule has 8 rings (SSSR count). The molecule has 12 nitrogen and oxygen atoms in total. The number of pyridine rings is 4. The fourth-order valence-corrected chi connectivity index (χ4v) is 7.88. The predicted molar refractivity (Wildman–Crippen MR) is 241 cm³/mol. The van der Waals surface area contributed by atoms with Crippen molar-refractivity contribution >= 4 is 76.5 Å². The van der Waals surface area contributed by atoms with Crippen LogP contribution < -0.4 is 10.6 Å². The van der Waals surface area contributed by atoms with Crippen LogP contribution in [-0.4, -0.2) is 61.1 Å². The van der Waals surface area contributed by atoms with Gasteiger partial charge in [-0.25, -0.2) is 26.8 Å². The number of nitrogens with zero attached hydrogens (tertiary/aromatic N) is 4. The molecule has 0 atom stereocenters. The first-order valence-corrected chi connectivity index (χ1v) is 23.3. The molecule has 0 unspecified atom stereocenters. The van der Waals surface area contributed by atoms with E-state index in [9.17, 15) is 26.4 Å². The van der Waals surface area contributed by atoms with Gasteiger partial charge in [0.2, 0.25) is 0 Å². The lowest BCUT2D eigenvalue weighted by Crippen LogP contribution is -2.24. The first-order valence-electron chi connectivity index (χ1n) is 18.8. The summed E-state index contributed by atoms with van der Waals surface area (Å²) in [5.41, 5.74) is 6.73. The van der Waals surface area contributed by atoms with Crippen molar-refractivity contribution in [2.24, 2.45) is 0 Å².